The molecule has 1 amide bonds. The number of rotatable bonds is 4. The van der Waals surface area contributed by atoms with Crippen LogP contribution in [0.25, 0.3) is 0 Å². The van der Waals surface area contributed by atoms with E-state index in [0.717, 1.165) is 12.0 Å². The number of amides is 1. The number of aliphatic hydroxyl groups is 1. The van der Waals surface area contributed by atoms with Crippen LogP contribution < -0.4 is 0 Å². The summed E-state index contributed by atoms with van der Waals surface area (Å²) >= 11 is 0. The molecule has 1 saturated heterocycles. The van der Waals surface area contributed by atoms with Crippen molar-refractivity contribution in [2.75, 3.05) is 6.61 Å². The van der Waals surface area contributed by atoms with Crippen molar-refractivity contribution in [1.29, 1.82) is 0 Å². The van der Waals surface area contributed by atoms with E-state index in [1.807, 2.05) is 23.1 Å². The van der Waals surface area contributed by atoms with Gasteiger partial charge in [0.1, 0.15) is 0 Å². The second kappa shape index (κ2) is 6.61. The van der Waals surface area contributed by atoms with Crippen molar-refractivity contribution in [1.82, 2.24) is 4.90 Å². The first kappa shape index (κ1) is 14.6. The molecule has 1 aromatic carbocycles. The third-order valence-electron chi connectivity index (χ3n) is 5.19. The molecule has 2 fully saturated rings. The highest BCUT2D eigenvalue weighted by atomic mass is 16.3. The maximum Gasteiger partial charge on any atom is 0.226 e. The lowest BCUT2D eigenvalue weighted by Crippen LogP contribution is -2.36. The zero-order chi connectivity index (χ0) is 14.7. The summed E-state index contributed by atoms with van der Waals surface area (Å²) in [6.45, 7) is 0.718. The molecule has 1 aliphatic heterocycles. The molecule has 1 saturated carbocycles. The van der Waals surface area contributed by atoms with Crippen LogP contribution >= 0.6 is 0 Å². The second-order valence-corrected chi connectivity index (χ2v) is 6.53. The van der Waals surface area contributed by atoms with Crippen LogP contribution in [0.15, 0.2) is 30.3 Å². The summed E-state index contributed by atoms with van der Waals surface area (Å²) in [7, 11) is 0. The maximum absolute atomic E-state index is 12.8. The van der Waals surface area contributed by atoms with Gasteiger partial charge in [-0.25, -0.2) is 0 Å². The Morgan fingerprint density at radius 3 is 2.48 bits per heavy atom. The molecular formula is C18H25NO2. The molecule has 1 aliphatic carbocycles. The number of carbonyl (C=O) groups is 1. The summed E-state index contributed by atoms with van der Waals surface area (Å²) in [4.78, 5) is 14.7. The number of hydrogen-bond acceptors (Lipinski definition) is 2. The fraction of sp³-hybridized carbons (Fsp3) is 0.611. The van der Waals surface area contributed by atoms with Gasteiger partial charge in [-0.3, -0.25) is 4.79 Å². The lowest BCUT2D eigenvalue weighted by Gasteiger charge is -2.26. The molecule has 0 bridgehead atoms. The summed E-state index contributed by atoms with van der Waals surface area (Å²) in [5, 5.41) is 9.65. The summed E-state index contributed by atoms with van der Waals surface area (Å²) in [5.74, 6) is 0.956. The van der Waals surface area contributed by atoms with Gasteiger partial charge in [-0.05, 0) is 30.7 Å². The lowest BCUT2D eigenvalue weighted by molar-refractivity contribution is -0.134. The van der Waals surface area contributed by atoms with E-state index in [9.17, 15) is 9.90 Å². The first-order valence-corrected chi connectivity index (χ1v) is 8.25. The SMILES string of the molecule is O=C1[C@H](C2CCCCC2)C[C@@H](CO)N1Cc1ccccc1. The van der Waals surface area contributed by atoms with Crippen molar-refractivity contribution in [3.8, 4) is 0 Å². The zero-order valence-corrected chi connectivity index (χ0v) is 12.6. The van der Waals surface area contributed by atoms with E-state index < -0.39 is 0 Å². The zero-order valence-electron chi connectivity index (χ0n) is 12.6. The monoisotopic (exact) mass is 287 g/mol. The lowest BCUT2D eigenvalue weighted by atomic mass is 9.79. The molecule has 1 heterocycles. The fourth-order valence-corrected chi connectivity index (χ4v) is 4.00. The highest BCUT2D eigenvalue weighted by Gasteiger charge is 2.42. The molecule has 3 nitrogen and oxygen atoms in total. The van der Waals surface area contributed by atoms with E-state index >= 15 is 0 Å². The Labute approximate surface area is 127 Å². The quantitative estimate of drug-likeness (QED) is 0.925. The fourth-order valence-electron chi connectivity index (χ4n) is 4.00. The molecular weight excluding hydrogens is 262 g/mol. The van der Waals surface area contributed by atoms with Gasteiger partial charge in [0.2, 0.25) is 5.91 Å². The largest absolute Gasteiger partial charge is 0.394 e. The molecule has 21 heavy (non-hydrogen) atoms. The Morgan fingerprint density at radius 2 is 1.81 bits per heavy atom. The smallest absolute Gasteiger partial charge is 0.226 e. The van der Waals surface area contributed by atoms with Crippen molar-refractivity contribution in [3.05, 3.63) is 35.9 Å². The van der Waals surface area contributed by atoms with Crippen molar-refractivity contribution in [2.45, 2.75) is 51.1 Å². The number of benzene rings is 1. The highest BCUT2D eigenvalue weighted by Crippen LogP contribution is 2.38. The van der Waals surface area contributed by atoms with Gasteiger partial charge < -0.3 is 10.0 Å². The number of aliphatic hydroxyl groups excluding tert-OH is 1. The van der Waals surface area contributed by atoms with Crippen LogP contribution in [0.2, 0.25) is 0 Å². The summed E-state index contributed by atoms with van der Waals surface area (Å²) < 4.78 is 0. The van der Waals surface area contributed by atoms with Crippen molar-refractivity contribution in [2.24, 2.45) is 11.8 Å². The van der Waals surface area contributed by atoms with Gasteiger partial charge in [-0.1, -0.05) is 49.6 Å². The minimum atomic E-state index is 0.00429. The molecule has 2 aliphatic rings. The van der Waals surface area contributed by atoms with Crippen molar-refractivity contribution in [3.63, 3.8) is 0 Å². The predicted molar refractivity (Wildman–Crippen MR) is 82.5 cm³/mol. The van der Waals surface area contributed by atoms with E-state index in [4.69, 9.17) is 0 Å². The maximum atomic E-state index is 12.8. The van der Waals surface area contributed by atoms with Crippen LogP contribution in [0, 0.1) is 11.8 Å². The Hall–Kier alpha value is -1.35. The molecule has 0 radical (unpaired) electrons. The van der Waals surface area contributed by atoms with Crippen LogP contribution in [-0.4, -0.2) is 28.6 Å². The van der Waals surface area contributed by atoms with E-state index in [-0.39, 0.29) is 24.5 Å². The standard InChI is InChI=1S/C18H25NO2/c20-13-16-11-17(15-9-5-2-6-10-15)18(21)19(16)12-14-7-3-1-4-8-14/h1,3-4,7-8,15-17,20H,2,5-6,9-13H2/t16-,17-/m0/s1. The molecule has 2 atom stereocenters. The summed E-state index contributed by atoms with van der Waals surface area (Å²) in [6, 6.07) is 10.1. The Bertz CT molecular complexity index is 467. The topological polar surface area (TPSA) is 40.5 Å². The van der Waals surface area contributed by atoms with Gasteiger partial charge >= 0.3 is 0 Å². The highest BCUT2D eigenvalue weighted by molar-refractivity contribution is 5.81. The van der Waals surface area contributed by atoms with Gasteiger partial charge in [0, 0.05) is 12.5 Å². The first-order chi connectivity index (χ1) is 10.3. The van der Waals surface area contributed by atoms with Gasteiger partial charge in [0.15, 0.2) is 0 Å². The van der Waals surface area contributed by atoms with E-state index in [2.05, 4.69) is 12.1 Å². The normalized spacial score (nSPS) is 27.3. The van der Waals surface area contributed by atoms with Gasteiger partial charge in [-0.15, -0.1) is 0 Å². The Morgan fingerprint density at radius 1 is 1.10 bits per heavy atom. The summed E-state index contributed by atoms with van der Waals surface area (Å²) in [6.07, 6.45) is 7.05. The van der Waals surface area contributed by atoms with Crippen LogP contribution in [0.1, 0.15) is 44.1 Å². The third-order valence-corrected chi connectivity index (χ3v) is 5.19. The average molecular weight is 287 g/mol. The van der Waals surface area contributed by atoms with E-state index in [1.54, 1.807) is 0 Å². The number of likely N-dealkylation sites (tertiary alicyclic amines) is 1. The molecule has 0 unspecified atom stereocenters. The average Bonchev–Trinajstić information content (AvgIpc) is 2.86. The molecule has 0 aromatic heterocycles. The molecule has 1 N–H and O–H groups in total. The van der Waals surface area contributed by atoms with Crippen molar-refractivity contribution >= 4 is 5.91 Å². The number of nitrogens with zero attached hydrogens (tertiary/aromatic N) is 1. The van der Waals surface area contributed by atoms with Gasteiger partial charge in [0.25, 0.3) is 0 Å². The molecule has 114 valence electrons. The van der Waals surface area contributed by atoms with Crippen LogP contribution in [0.3, 0.4) is 0 Å². The van der Waals surface area contributed by atoms with E-state index in [1.165, 1.54) is 32.1 Å². The second-order valence-electron chi connectivity index (χ2n) is 6.53. The number of hydrogen-bond donors (Lipinski definition) is 1. The van der Waals surface area contributed by atoms with Crippen LogP contribution in [0.4, 0.5) is 0 Å². The molecule has 3 rings (SSSR count). The third kappa shape index (κ3) is 3.13. The minimum absolute atomic E-state index is 0.00429. The predicted octanol–water partition coefficient (Wildman–Crippen LogP) is 2.98. The Kier molecular flexibility index (Phi) is 4.59. The van der Waals surface area contributed by atoms with Gasteiger partial charge in [-0.2, -0.15) is 0 Å². The Balaban J connectivity index is 1.72. The summed E-state index contributed by atoms with van der Waals surface area (Å²) in [5.41, 5.74) is 1.15. The van der Waals surface area contributed by atoms with Crippen LogP contribution in [0.5, 0.6) is 0 Å². The van der Waals surface area contributed by atoms with Gasteiger partial charge in [0.05, 0.1) is 12.6 Å². The minimum Gasteiger partial charge on any atom is -0.394 e. The van der Waals surface area contributed by atoms with E-state index in [0.29, 0.717) is 12.5 Å². The molecule has 0 spiro atoms. The molecule has 1 aromatic rings. The van der Waals surface area contributed by atoms with Crippen LogP contribution in [-0.2, 0) is 11.3 Å². The number of carbonyl (C=O) groups excluding carboxylic acids is 1. The van der Waals surface area contributed by atoms with Crippen molar-refractivity contribution < 1.29 is 9.90 Å². The first-order valence-electron chi connectivity index (χ1n) is 8.25. The molecule has 3 heteroatoms.